The second-order valence-electron chi connectivity index (χ2n) is 8.30. The maximum absolute atomic E-state index is 13.8. The molecule has 1 aliphatic rings. The number of hydrogen-bond acceptors (Lipinski definition) is 7. The summed E-state index contributed by atoms with van der Waals surface area (Å²) in [6.07, 6.45) is 1.87. The minimum absolute atomic E-state index is 0.255. The predicted octanol–water partition coefficient (Wildman–Crippen LogP) is 3.49. The molecule has 4 aromatic rings. The molecular weight excluding hydrogens is 476 g/mol. The lowest BCUT2D eigenvalue weighted by Gasteiger charge is -2.24. The van der Waals surface area contributed by atoms with Crippen LogP contribution in [-0.2, 0) is 14.3 Å². The number of allylic oxidation sites excluding steroid dienone is 1. The Balaban J connectivity index is 1.71. The van der Waals surface area contributed by atoms with Gasteiger partial charge in [-0.3, -0.25) is 14.2 Å². The van der Waals surface area contributed by atoms with Gasteiger partial charge in [0, 0.05) is 6.92 Å². The van der Waals surface area contributed by atoms with Crippen molar-refractivity contribution in [3.05, 3.63) is 109 Å². The zero-order valence-electron chi connectivity index (χ0n) is 19.8. The number of carbonyl (C=O) groups is 2. The number of methoxy groups -OCH3 is 1. The van der Waals surface area contributed by atoms with Crippen LogP contribution in [0.4, 0.5) is 0 Å². The van der Waals surface area contributed by atoms with E-state index in [0.29, 0.717) is 26.3 Å². The van der Waals surface area contributed by atoms with Crippen molar-refractivity contribution in [2.75, 3.05) is 7.11 Å². The van der Waals surface area contributed by atoms with E-state index in [-0.39, 0.29) is 11.1 Å². The van der Waals surface area contributed by atoms with Gasteiger partial charge in [-0.1, -0.05) is 65.9 Å². The Bertz CT molecular complexity index is 1720. The molecule has 8 heteroatoms. The minimum atomic E-state index is -0.741. The van der Waals surface area contributed by atoms with Gasteiger partial charge >= 0.3 is 11.9 Å². The fourth-order valence-corrected chi connectivity index (χ4v) is 5.45. The van der Waals surface area contributed by atoms with Crippen LogP contribution < -0.4 is 19.6 Å². The first-order valence-electron chi connectivity index (χ1n) is 11.2. The standard InChI is InChI=1S/C28H22N2O5S/c1-16-24(27(33)34-3)25(19-11-13-21(14-12-19)35-17(2)31)30-26(32)23(36-28(30)29-16)15-20-9-6-8-18-7-4-5-10-22(18)20/h4-15,25H,1-3H3/b23-15+. The van der Waals surface area contributed by atoms with E-state index in [9.17, 15) is 14.4 Å². The molecule has 2 heterocycles. The smallest absolute Gasteiger partial charge is 0.338 e. The summed E-state index contributed by atoms with van der Waals surface area (Å²) in [4.78, 5) is 43.0. The first kappa shape index (κ1) is 23.4. The van der Waals surface area contributed by atoms with E-state index >= 15 is 0 Å². The first-order chi connectivity index (χ1) is 17.4. The molecule has 3 aromatic carbocycles. The summed E-state index contributed by atoms with van der Waals surface area (Å²) in [5.41, 5.74) is 2.09. The maximum atomic E-state index is 13.8. The minimum Gasteiger partial charge on any atom is -0.466 e. The molecule has 7 nitrogen and oxygen atoms in total. The van der Waals surface area contributed by atoms with Crippen molar-refractivity contribution in [1.29, 1.82) is 0 Å². The summed E-state index contributed by atoms with van der Waals surface area (Å²) in [5, 5.41) is 2.11. The van der Waals surface area contributed by atoms with Gasteiger partial charge < -0.3 is 9.47 Å². The highest BCUT2D eigenvalue weighted by Crippen LogP contribution is 2.31. The zero-order valence-corrected chi connectivity index (χ0v) is 20.7. The van der Waals surface area contributed by atoms with Gasteiger partial charge in [-0.05, 0) is 47.0 Å². The second-order valence-corrected chi connectivity index (χ2v) is 9.31. The molecule has 1 aromatic heterocycles. The van der Waals surface area contributed by atoms with Crippen molar-refractivity contribution in [2.45, 2.75) is 19.9 Å². The number of thiazole rings is 1. The van der Waals surface area contributed by atoms with Gasteiger partial charge in [0.15, 0.2) is 4.80 Å². The van der Waals surface area contributed by atoms with E-state index < -0.39 is 18.0 Å². The largest absolute Gasteiger partial charge is 0.466 e. The van der Waals surface area contributed by atoms with Crippen LogP contribution in [-0.4, -0.2) is 23.6 Å². The van der Waals surface area contributed by atoms with Crippen LogP contribution in [0.15, 0.2) is 87.8 Å². The highest BCUT2D eigenvalue weighted by Gasteiger charge is 2.33. The number of nitrogens with zero attached hydrogens (tertiary/aromatic N) is 2. The van der Waals surface area contributed by atoms with Gasteiger partial charge in [-0.15, -0.1) is 0 Å². The van der Waals surface area contributed by atoms with E-state index in [1.54, 1.807) is 31.2 Å². The topological polar surface area (TPSA) is 87.0 Å². The Morgan fingerprint density at radius 1 is 1.03 bits per heavy atom. The van der Waals surface area contributed by atoms with Gasteiger partial charge in [-0.2, -0.15) is 0 Å². The lowest BCUT2D eigenvalue weighted by molar-refractivity contribution is -0.136. The molecule has 0 fully saturated rings. The molecule has 0 bridgehead atoms. The third kappa shape index (κ3) is 4.16. The summed E-state index contributed by atoms with van der Waals surface area (Å²) in [5.74, 6) is -0.626. The summed E-state index contributed by atoms with van der Waals surface area (Å²) in [7, 11) is 1.30. The molecule has 0 saturated heterocycles. The Labute approximate surface area is 210 Å². The molecule has 0 spiro atoms. The SMILES string of the molecule is COC(=O)C1=C(C)N=c2s/c(=C/c3cccc4ccccc34)c(=O)n2C1c1ccc(OC(C)=O)cc1. The summed E-state index contributed by atoms with van der Waals surface area (Å²) in [6, 6.07) is 19.9. The second kappa shape index (κ2) is 9.39. The van der Waals surface area contributed by atoms with Crippen molar-refractivity contribution in [3.8, 4) is 5.75 Å². The average Bonchev–Trinajstić information content (AvgIpc) is 3.17. The number of aromatic nitrogens is 1. The monoisotopic (exact) mass is 498 g/mol. The lowest BCUT2D eigenvalue weighted by atomic mass is 9.96. The van der Waals surface area contributed by atoms with Gasteiger partial charge in [0.25, 0.3) is 5.56 Å². The van der Waals surface area contributed by atoms with Gasteiger partial charge in [0.05, 0.1) is 29.0 Å². The molecule has 0 N–H and O–H groups in total. The highest BCUT2D eigenvalue weighted by atomic mass is 32.1. The third-order valence-electron chi connectivity index (χ3n) is 5.99. The fourth-order valence-electron chi connectivity index (χ4n) is 4.41. The van der Waals surface area contributed by atoms with E-state index in [1.807, 2.05) is 48.5 Å². The molecule has 180 valence electrons. The highest BCUT2D eigenvalue weighted by molar-refractivity contribution is 7.07. The Kier molecular flexibility index (Phi) is 6.12. The normalized spacial score (nSPS) is 15.4. The van der Waals surface area contributed by atoms with Gasteiger partial charge in [-0.25, -0.2) is 9.79 Å². The van der Waals surface area contributed by atoms with E-state index in [1.165, 1.54) is 29.9 Å². The van der Waals surface area contributed by atoms with Crippen LogP contribution in [0.3, 0.4) is 0 Å². The lowest BCUT2D eigenvalue weighted by Crippen LogP contribution is -2.39. The Morgan fingerprint density at radius 3 is 2.47 bits per heavy atom. The molecular formula is C28H22N2O5S. The van der Waals surface area contributed by atoms with Crippen LogP contribution in [0.5, 0.6) is 5.75 Å². The molecule has 36 heavy (non-hydrogen) atoms. The molecule has 0 amide bonds. The first-order valence-corrected chi connectivity index (χ1v) is 12.1. The maximum Gasteiger partial charge on any atom is 0.338 e. The average molecular weight is 499 g/mol. The predicted molar refractivity (Wildman–Crippen MR) is 137 cm³/mol. The van der Waals surface area contributed by atoms with Crippen molar-refractivity contribution in [2.24, 2.45) is 4.99 Å². The van der Waals surface area contributed by atoms with Crippen molar-refractivity contribution in [3.63, 3.8) is 0 Å². The summed E-state index contributed by atoms with van der Waals surface area (Å²) in [6.45, 7) is 3.05. The van der Waals surface area contributed by atoms with Gasteiger partial charge in [0.2, 0.25) is 0 Å². The summed E-state index contributed by atoms with van der Waals surface area (Å²) >= 11 is 1.27. The fraction of sp³-hybridized carbons (Fsp3) is 0.143. The molecule has 0 aliphatic carbocycles. The Hall–Kier alpha value is -4.30. The Morgan fingerprint density at radius 2 is 1.75 bits per heavy atom. The third-order valence-corrected chi connectivity index (χ3v) is 6.98. The molecule has 0 radical (unpaired) electrons. The van der Waals surface area contributed by atoms with E-state index in [0.717, 1.165) is 16.3 Å². The van der Waals surface area contributed by atoms with E-state index in [4.69, 9.17) is 9.47 Å². The number of rotatable bonds is 4. The number of esters is 2. The van der Waals surface area contributed by atoms with Crippen molar-refractivity contribution in [1.82, 2.24) is 4.57 Å². The van der Waals surface area contributed by atoms with Crippen LogP contribution in [0.2, 0.25) is 0 Å². The van der Waals surface area contributed by atoms with Crippen molar-refractivity contribution < 1.29 is 19.1 Å². The summed E-state index contributed by atoms with van der Waals surface area (Å²) < 4.78 is 12.2. The molecule has 5 rings (SSSR count). The van der Waals surface area contributed by atoms with E-state index in [2.05, 4.69) is 4.99 Å². The molecule has 0 saturated carbocycles. The number of carbonyl (C=O) groups excluding carboxylic acids is 2. The number of hydrogen-bond donors (Lipinski definition) is 0. The zero-order chi connectivity index (χ0) is 25.4. The number of ether oxygens (including phenoxy) is 2. The van der Waals surface area contributed by atoms with Crippen molar-refractivity contribution >= 4 is 40.1 Å². The number of benzene rings is 3. The van der Waals surface area contributed by atoms with Crippen LogP contribution in [0.25, 0.3) is 16.8 Å². The quantitative estimate of drug-likeness (QED) is 0.318. The van der Waals surface area contributed by atoms with Crippen LogP contribution in [0, 0.1) is 0 Å². The van der Waals surface area contributed by atoms with Gasteiger partial charge in [0.1, 0.15) is 5.75 Å². The molecule has 1 aliphatic heterocycles. The molecule has 1 atom stereocenters. The molecule has 1 unspecified atom stereocenters. The number of fused-ring (bicyclic) bond motifs is 2. The van der Waals surface area contributed by atoms with Crippen LogP contribution in [0.1, 0.15) is 31.0 Å². The van der Waals surface area contributed by atoms with Crippen LogP contribution >= 0.6 is 11.3 Å².